The van der Waals surface area contributed by atoms with Crippen molar-refractivity contribution in [3.8, 4) is 0 Å². The fourth-order valence-corrected chi connectivity index (χ4v) is 4.37. The molecule has 128 valence electrons. The van der Waals surface area contributed by atoms with Crippen molar-refractivity contribution in [3.05, 3.63) is 69.7 Å². The summed E-state index contributed by atoms with van der Waals surface area (Å²) in [5, 5.41) is 1.41. The minimum Gasteiger partial charge on any atom is -0.292 e. The molecule has 0 saturated carbocycles. The summed E-state index contributed by atoms with van der Waals surface area (Å²) >= 11 is 12.6. The third kappa shape index (κ3) is 4.14. The van der Waals surface area contributed by atoms with E-state index in [1.165, 1.54) is 24.0 Å². The minimum atomic E-state index is 0.218. The molecule has 0 aliphatic carbocycles. The van der Waals surface area contributed by atoms with Crippen LogP contribution in [0.25, 0.3) is 0 Å². The highest BCUT2D eigenvalue weighted by Crippen LogP contribution is 2.36. The first-order chi connectivity index (χ1) is 11.5. The van der Waals surface area contributed by atoms with Gasteiger partial charge < -0.3 is 0 Å². The molecule has 2 aromatic carbocycles. The number of hydrogen-bond donors (Lipinski definition) is 0. The molecule has 0 radical (unpaired) electrons. The Morgan fingerprint density at radius 1 is 0.875 bits per heavy atom. The number of rotatable bonds is 4. The number of benzene rings is 2. The predicted octanol–water partition coefficient (Wildman–Crippen LogP) is 6.45. The van der Waals surface area contributed by atoms with E-state index in [4.69, 9.17) is 23.2 Å². The van der Waals surface area contributed by atoms with Crippen molar-refractivity contribution in [2.45, 2.75) is 32.7 Å². The summed E-state index contributed by atoms with van der Waals surface area (Å²) in [5.74, 6) is 1.60. The van der Waals surface area contributed by atoms with Crippen LogP contribution >= 0.6 is 23.2 Å². The third-order valence-corrected chi connectivity index (χ3v) is 5.63. The Balaban J connectivity index is 1.92. The molecule has 1 atom stereocenters. The van der Waals surface area contributed by atoms with Gasteiger partial charge >= 0.3 is 0 Å². The summed E-state index contributed by atoms with van der Waals surface area (Å²) in [6.45, 7) is 6.91. The second-order valence-corrected chi connectivity index (χ2v) is 8.01. The monoisotopic (exact) mass is 361 g/mol. The molecule has 1 saturated heterocycles. The zero-order valence-electron chi connectivity index (χ0n) is 14.4. The number of hydrogen-bond acceptors (Lipinski definition) is 1. The van der Waals surface area contributed by atoms with Gasteiger partial charge in [0.2, 0.25) is 0 Å². The summed E-state index contributed by atoms with van der Waals surface area (Å²) in [7, 11) is 0. The van der Waals surface area contributed by atoms with Crippen molar-refractivity contribution in [3.63, 3.8) is 0 Å². The first-order valence-corrected chi connectivity index (χ1v) is 9.55. The summed E-state index contributed by atoms with van der Waals surface area (Å²) < 4.78 is 0. The second-order valence-electron chi connectivity index (χ2n) is 7.13. The van der Waals surface area contributed by atoms with Crippen LogP contribution in [0.15, 0.2) is 48.5 Å². The fourth-order valence-electron chi connectivity index (χ4n) is 3.83. The molecule has 0 bridgehead atoms. The van der Waals surface area contributed by atoms with Gasteiger partial charge in [0.25, 0.3) is 0 Å². The maximum Gasteiger partial charge on any atom is 0.0602 e. The van der Waals surface area contributed by atoms with Crippen LogP contribution in [0.1, 0.15) is 43.9 Å². The summed E-state index contributed by atoms with van der Waals surface area (Å²) in [6, 6.07) is 16.8. The van der Waals surface area contributed by atoms with Crippen LogP contribution in [0.3, 0.4) is 0 Å². The average molecular weight is 362 g/mol. The van der Waals surface area contributed by atoms with E-state index in [1.54, 1.807) is 6.07 Å². The van der Waals surface area contributed by atoms with Gasteiger partial charge in [-0.3, -0.25) is 4.90 Å². The maximum absolute atomic E-state index is 6.28. The van der Waals surface area contributed by atoms with Gasteiger partial charge in [0, 0.05) is 10.0 Å². The van der Waals surface area contributed by atoms with Crippen LogP contribution in [0.2, 0.25) is 10.0 Å². The molecule has 1 nitrogen and oxygen atoms in total. The molecule has 1 aliphatic heterocycles. The topological polar surface area (TPSA) is 3.24 Å². The Hall–Kier alpha value is -1.02. The molecule has 0 aromatic heterocycles. The Morgan fingerprint density at radius 3 is 2.00 bits per heavy atom. The molecule has 0 spiro atoms. The molecular formula is C21H25Cl2N. The minimum absolute atomic E-state index is 0.218. The molecule has 3 heteroatoms. The van der Waals surface area contributed by atoms with E-state index in [2.05, 4.69) is 61.2 Å². The molecule has 1 unspecified atom stereocenters. The van der Waals surface area contributed by atoms with Crippen LogP contribution in [0.4, 0.5) is 0 Å². The van der Waals surface area contributed by atoms with Gasteiger partial charge in [-0.25, -0.2) is 0 Å². The molecule has 0 amide bonds. The van der Waals surface area contributed by atoms with Gasteiger partial charge in [-0.1, -0.05) is 67.4 Å². The average Bonchev–Trinajstić information content (AvgIpc) is 2.56. The van der Waals surface area contributed by atoms with Crippen LogP contribution in [-0.2, 0) is 0 Å². The van der Waals surface area contributed by atoms with E-state index in [9.17, 15) is 0 Å². The molecule has 2 aromatic rings. The highest BCUT2D eigenvalue weighted by atomic mass is 35.5. The van der Waals surface area contributed by atoms with Crippen LogP contribution in [0, 0.1) is 11.8 Å². The maximum atomic E-state index is 6.28. The highest BCUT2D eigenvalue weighted by molar-refractivity contribution is 6.34. The fraction of sp³-hybridized carbons (Fsp3) is 0.429. The third-order valence-electron chi connectivity index (χ3n) is 5.20. The quantitative estimate of drug-likeness (QED) is 0.604. The molecule has 0 N–H and O–H groups in total. The van der Waals surface area contributed by atoms with Crippen LogP contribution in [-0.4, -0.2) is 18.0 Å². The van der Waals surface area contributed by atoms with E-state index in [-0.39, 0.29) is 6.04 Å². The summed E-state index contributed by atoms with van der Waals surface area (Å²) in [5.41, 5.74) is 2.49. The number of nitrogens with zero attached hydrogens (tertiary/aromatic N) is 1. The summed E-state index contributed by atoms with van der Waals surface area (Å²) in [6.07, 6.45) is 2.52. The normalized spacial score (nSPS) is 18.0. The van der Waals surface area contributed by atoms with Gasteiger partial charge in [0.05, 0.1) is 6.04 Å². The summed E-state index contributed by atoms with van der Waals surface area (Å²) in [4.78, 5) is 2.58. The van der Waals surface area contributed by atoms with Crippen molar-refractivity contribution in [2.24, 2.45) is 11.8 Å². The lowest BCUT2D eigenvalue weighted by molar-refractivity contribution is 0.130. The predicted molar refractivity (Wildman–Crippen MR) is 104 cm³/mol. The highest BCUT2D eigenvalue weighted by Gasteiger charge is 2.28. The lowest BCUT2D eigenvalue weighted by atomic mass is 9.85. The number of halogens is 2. The van der Waals surface area contributed by atoms with E-state index >= 15 is 0 Å². The SMILES string of the molecule is CC(C)C1CCN(C(c2ccccc2)c2cc(Cl)cc(Cl)c2)CC1. The van der Waals surface area contributed by atoms with Crippen molar-refractivity contribution < 1.29 is 0 Å². The largest absolute Gasteiger partial charge is 0.292 e. The van der Waals surface area contributed by atoms with Crippen molar-refractivity contribution in [2.75, 3.05) is 13.1 Å². The Bertz CT molecular complexity index is 641. The lowest BCUT2D eigenvalue weighted by Crippen LogP contribution is -2.38. The van der Waals surface area contributed by atoms with Gasteiger partial charge in [-0.05, 0) is 67.1 Å². The van der Waals surface area contributed by atoms with E-state index in [1.807, 2.05) is 0 Å². The van der Waals surface area contributed by atoms with Gasteiger partial charge in [-0.15, -0.1) is 0 Å². The Morgan fingerprint density at radius 2 is 1.46 bits per heavy atom. The Labute approximate surface area is 155 Å². The van der Waals surface area contributed by atoms with E-state index in [0.29, 0.717) is 10.0 Å². The first kappa shape index (κ1) is 17.8. The van der Waals surface area contributed by atoms with Gasteiger partial charge in [0.15, 0.2) is 0 Å². The van der Waals surface area contributed by atoms with Crippen molar-refractivity contribution >= 4 is 23.2 Å². The van der Waals surface area contributed by atoms with Gasteiger partial charge in [-0.2, -0.15) is 0 Å². The van der Waals surface area contributed by atoms with Crippen molar-refractivity contribution in [1.82, 2.24) is 4.90 Å². The van der Waals surface area contributed by atoms with E-state index in [0.717, 1.165) is 24.9 Å². The number of likely N-dealkylation sites (tertiary alicyclic amines) is 1. The Kier molecular flexibility index (Phi) is 5.86. The van der Waals surface area contributed by atoms with Crippen LogP contribution in [0.5, 0.6) is 0 Å². The molecule has 3 rings (SSSR count). The molecule has 1 fully saturated rings. The first-order valence-electron chi connectivity index (χ1n) is 8.79. The van der Waals surface area contributed by atoms with Crippen LogP contribution < -0.4 is 0 Å². The molecule has 24 heavy (non-hydrogen) atoms. The zero-order valence-corrected chi connectivity index (χ0v) is 15.9. The molecule has 1 aliphatic rings. The smallest absolute Gasteiger partial charge is 0.0602 e. The molecule has 1 heterocycles. The zero-order chi connectivity index (χ0) is 17.1. The molecular weight excluding hydrogens is 337 g/mol. The van der Waals surface area contributed by atoms with Gasteiger partial charge in [0.1, 0.15) is 0 Å². The number of piperidine rings is 1. The van der Waals surface area contributed by atoms with Crippen molar-refractivity contribution in [1.29, 1.82) is 0 Å². The lowest BCUT2D eigenvalue weighted by Gasteiger charge is -2.39. The second kappa shape index (κ2) is 7.91. The van der Waals surface area contributed by atoms with E-state index < -0.39 is 0 Å². The standard InChI is InChI=1S/C21H25Cl2N/c1-15(2)16-8-10-24(11-9-16)21(17-6-4-3-5-7-17)18-12-19(22)14-20(23)13-18/h3-7,12-16,21H,8-11H2,1-2H3.